The van der Waals surface area contributed by atoms with Crippen molar-refractivity contribution in [2.75, 3.05) is 13.3 Å². The molecule has 0 atom stereocenters. The van der Waals surface area contributed by atoms with Gasteiger partial charge in [0.25, 0.3) is 0 Å². The van der Waals surface area contributed by atoms with Crippen molar-refractivity contribution in [3.8, 4) is 0 Å². The quantitative estimate of drug-likeness (QED) is 0.331. The number of rotatable bonds is 5. The summed E-state index contributed by atoms with van der Waals surface area (Å²) in [4.78, 5) is 13.3. The monoisotopic (exact) mass is 218 g/mol. The maximum atomic E-state index is 12.0. The SMILES string of the molecule is CCC(CC)(SC)C(=O)N(C)C=NO. The number of carbonyl (C=O) groups excluding carboxylic acids is 1. The molecule has 0 bridgehead atoms. The average Bonchev–Trinajstić information content (AvgIpc) is 2.21. The van der Waals surface area contributed by atoms with Crippen molar-refractivity contribution in [2.24, 2.45) is 5.16 Å². The van der Waals surface area contributed by atoms with Crippen LogP contribution >= 0.6 is 11.8 Å². The van der Waals surface area contributed by atoms with Crippen LogP contribution in [0.3, 0.4) is 0 Å². The van der Waals surface area contributed by atoms with Gasteiger partial charge in [0.1, 0.15) is 6.34 Å². The molecule has 1 N–H and O–H groups in total. The van der Waals surface area contributed by atoms with Crippen molar-refractivity contribution in [1.82, 2.24) is 4.90 Å². The molecular weight excluding hydrogens is 200 g/mol. The van der Waals surface area contributed by atoms with Crippen molar-refractivity contribution in [2.45, 2.75) is 31.4 Å². The number of carbonyl (C=O) groups is 1. The van der Waals surface area contributed by atoms with Gasteiger partial charge in [0.05, 0.1) is 4.75 Å². The molecule has 0 aromatic heterocycles. The van der Waals surface area contributed by atoms with Crippen LogP contribution in [0.2, 0.25) is 0 Å². The fourth-order valence-electron chi connectivity index (χ4n) is 1.38. The van der Waals surface area contributed by atoms with Gasteiger partial charge in [0.2, 0.25) is 5.91 Å². The van der Waals surface area contributed by atoms with Gasteiger partial charge in [0.15, 0.2) is 0 Å². The molecule has 0 aliphatic rings. The minimum absolute atomic E-state index is 0.0206. The number of hydrogen-bond donors (Lipinski definition) is 1. The molecule has 0 saturated carbocycles. The predicted octanol–water partition coefficient (Wildman–Crippen LogP) is 1.78. The lowest BCUT2D eigenvalue weighted by molar-refractivity contribution is -0.129. The Morgan fingerprint density at radius 3 is 2.36 bits per heavy atom. The molecule has 0 spiro atoms. The second kappa shape index (κ2) is 5.90. The minimum atomic E-state index is -0.393. The fraction of sp³-hybridized carbons (Fsp3) is 0.778. The Morgan fingerprint density at radius 2 is 2.07 bits per heavy atom. The van der Waals surface area contributed by atoms with Gasteiger partial charge in [-0.05, 0) is 19.1 Å². The van der Waals surface area contributed by atoms with Gasteiger partial charge in [-0.1, -0.05) is 19.0 Å². The van der Waals surface area contributed by atoms with Gasteiger partial charge in [0, 0.05) is 7.05 Å². The third kappa shape index (κ3) is 2.64. The van der Waals surface area contributed by atoms with Crippen molar-refractivity contribution in [3.63, 3.8) is 0 Å². The summed E-state index contributed by atoms with van der Waals surface area (Å²) in [5.41, 5.74) is 0. The summed E-state index contributed by atoms with van der Waals surface area (Å²) < 4.78 is -0.393. The molecule has 0 aliphatic heterocycles. The summed E-state index contributed by atoms with van der Waals surface area (Å²) in [7, 11) is 1.60. The Kier molecular flexibility index (Phi) is 5.60. The summed E-state index contributed by atoms with van der Waals surface area (Å²) in [5.74, 6) is -0.0206. The van der Waals surface area contributed by atoms with E-state index < -0.39 is 4.75 Å². The van der Waals surface area contributed by atoms with Crippen LogP contribution in [-0.4, -0.2) is 40.4 Å². The van der Waals surface area contributed by atoms with Crippen LogP contribution < -0.4 is 0 Å². The van der Waals surface area contributed by atoms with Crippen molar-refractivity contribution >= 4 is 24.0 Å². The van der Waals surface area contributed by atoms with Gasteiger partial charge in [-0.15, -0.1) is 11.8 Å². The van der Waals surface area contributed by atoms with Crippen LogP contribution in [0.1, 0.15) is 26.7 Å². The molecular formula is C9H18N2O2S. The molecule has 0 heterocycles. The number of nitrogens with zero attached hydrogens (tertiary/aromatic N) is 2. The molecule has 5 heteroatoms. The molecule has 14 heavy (non-hydrogen) atoms. The summed E-state index contributed by atoms with van der Waals surface area (Å²) in [6.07, 6.45) is 4.59. The van der Waals surface area contributed by atoms with Crippen LogP contribution in [-0.2, 0) is 4.79 Å². The molecule has 0 aromatic rings. The molecule has 0 rings (SSSR count). The van der Waals surface area contributed by atoms with E-state index in [4.69, 9.17) is 5.21 Å². The second-order valence-electron chi connectivity index (χ2n) is 3.05. The highest BCUT2D eigenvalue weighted by molar-refractivity contribution is 8.00. The maximum absolute atomic E-state index is 12.0. The molecule has 0 aliphatic carbocycles. The first-order chi connectivity index (χ1) is 6.57. The summed E-state index contributed by atoms with van der Waals surface area (Å²) in [6.45, 7) is 3.98. The molecule has 0 radical (unpaired) electrons. The lowest BCUT2D eigenvalue weighted by Crippen LogP contribution is -2.43. The molecule has 0 unspecified atom stereocenters. The van der Waals surface area contributed by atoms with E-state index in [-0.39, 0.29) is 5.91 Å². The normalized spacial score (nSPS) is 12.0. The number of oxime groups is 1. The fourth-order valence-corrected chi connectivity index (χ4v) is 2.28. The molecule has 1 amide bonds. The smallest absolute Gasteiger partial charge is 0.243 e. The van der Waals surface area contributed by atoms with E-state index in [1.807, 2.05) is 20.1 Å². The maximum Gasteiger partial charge on any atom is 0.243 e. The lowest BCUT2D eigenvalue weighted by atomic mass is 10.0. The first-order valence-electron chi connectivity index (χ1n) is 4.58. The van der Waals surface area contributed by atoms with E-state index in [0.29, 0.717) is 0 Å². The Balaban J connectivity index is 4.75. The van der Waals surface area contributed by atoms with Gasteiger partial charge >= 0.3 is 0 Å². The standard InChI is InChI=1S/C9H18N2O2S/c1-5-9(6-2,14-4)8(12)11(3)7-10-13/h7,13H,5-6H2,1-4H3. The third-order valence-electron chi connectivity index (χ3n) is 2.47. The average molecular weight is 218 g/mol. The van der Waals surface area contributed by atoms with Gasteiger partial charge in [-0.3, -0.25) is 4.79 Å². The summed E-state index contributed by atoms with van der Waals surface area (Å²) in [6, 6.07) is 0. The van der Waals surface area contributed by atoms with Crippen molar-refractivity contribution in [1.29, 1.82) is 0 Å². The van der Waals surface area contributed by atoms with Gasteiger partial charge in [-0.25, -0.2) is 0 Å². The van der Waals surface area contributed by atoms with Crippen LogP contribution in [0.4, 0.5) is 0 Å². The van der Waals surface area contributed by atoms with Crippen molar-refractivity contribution in [3.05, 3.63) is 0 Å². The van der Waals surface area contributed by atoms with E-state index in [1.165, 1.54) is 4.90 Å². The minimum Gasteiger partial charge on any atom is -0.410 e. The summed E-state index contributed by atoms with van der Waals surface area (Å²) >= 11 is 1.55. The molecule has 0 saturated heterocycles. The first-order valence-corrected chi connectivity index (χ1v) is 5.80. The first kappa shape index (κ1) is 13.3. The number of thioether (sulfide) groups is 1. The van der Waals surface area contributed by atoms with E-state index in [0.717, 1.165) is 19.2 Å². The Morgan fingerprint density at radius 1 is 1.57 bits per heavy atom. The second-order valence-corrected chi connectivity index (χ2v) is 4.24. The lowest BCUT2D eigenvalue weighted by Gasteiger charge is -2.30. The zero-order valence-corrected chi connectivity index (χ0v) is 9.97. The van der Waals surface area contributed by atoms with Crippen LogP contribution in [0.5, 0.6) is 0 Å². The Labute approximate surface area is 89.3 Å². The van der Waals surface area contributed by atoms with Crippen LogP contribution in [0.15, 0.2) is 5.16 Å². The zero-order valence-electron chi connectivity index (χ0n) is 9.15. The van der Waals surface area contributed by atoms with Crippen molar-refractivity contribution < 1.29 is 10.0 Å². The van der Waals surface area contributed by atoms with Crippen LogP contribution in [0, 0.1) is 0 Å². The van der Waals surface area contributed by atoms with E-state index >= 15 is 0 Å². The number of amides is 1. The summed E-state index contributed by atoms with van der Waals surface area (Å²) in [5, 5.41) is 11.2. The van der Waals surface area contributed by atoms with E-state index in [1.54, 1.807) is 18.8 Å². The van der Waals surface area contributed by atoms with E-state index in [2.05, 4.69) is 5.16 Å². The predicted molar refractivity (Wildman–Crippen MR) is 59.9 cm³/mol. The molecule has 4 nitrogen and oxygen atoms in total. The molecule has 0 fully saturated rings. The van der Waals surface area contributed by atoms with E-state index in [9.17, 15) is 4.79 Å². The highest BCUT2D eigenvalue weighted by Gasteiger charge is 2.35. The third-order valence-corrected chi connectivity index (χ3v) is 4.00. The molecule has 0 aromatic carbocycles. The molecule has 82 valence electrons. The van der Waals surface area contributed by atoms with Gasteiger partial charge < -0.3 is 10.1 Å². The number of hydrogen-bond acceptors (Lipinski definition) is 4. The highest BCUT2D eigenvalue weighted by Crippen LogP contribution is 2.31. The van der Waals surface area contributed by atoms with Crippen LogP contribution in [0.25, 0.3) is 0 Å². The van der Waals surface area contributed by atoms with Gasteiger partial charge in [-0.2, -0.15) is 0 Å². The largest absolute Gasteiger partial charge is 0.410 e. The zero-order chi connectivity index (χ0) is 11.2. The Bertz CT molecular complexity index is 207. The highest BCUT2D eigenvalue weighted by atomic mass is 32.2. The topological polar surface area (TPSA) is 52.9 Å². The Hall–Kier alpha value is -0.710.